The summed E-state index contributed by atoms with van der Waals surface area (Å²) in [4.78, 5) is 11.5. The fraction of sp³-hybridized carbons (Fsp3) is 0.897. The van der Waals surface area contributed by atoms with Crippen LogP contribution in [-0.2, 0) is 9.53 Å². The third kappa shape index (κ3) is 4.21. The molecule has 0 saturated heterocycles. The van der Waals surface area contributed by atoms with Crippen molar-refractivity contribution in [2.75, 3.05) is 0 Å². The number of aliphatic hydroxyl groups excluding tert-OH is 1. The van der Waals surface area contributed by atoms with Crippen molar-refractivity contribution in [3.63, 3.8) is 0 Å². The molecule has 3 fully saturated rings. The molecule has 4 rings (SSSR count). The normalized spacial score (nSPS) is 44.3. The lowest BCUT2D eigenvalue weighted by atomic mass is 9.46. The highest BCUT2D eigenvalue weighted by Gasteiger charge is 2.60. The fourth-order valence-electron chi connectivity index (χ4n) is 9.07. The Morgan fingerprint density at radius 3 is 2.53 bits per heavy atom. The van der Waals surface area contributed by atoms with Crippen LogP contribution in [-0.4, -0.2) is 23.3 Å². The number of carbonyl (C=O) groups excluding carboxylic acids is 1. The van der Waals surface area contributed by atoms with Gasteiger partial charge in [-0.3, -0.25) is 4.79 Å². The van der Waals surface area contributed by atoms with E-state index >= 15 is 0 Å². The second kappa shape index (κ2) is 9.08. The van der Waals surface area contributed by atoms with E-state index in [1.807, 2.05) is 0 Å². The minimum Gasteiger partial charge on any atom is -0.458 e. The van der Waals surface area contributed by atoms with Gasteiger partial charge in [0.25, 0.3) is 0 Å². The highest BCUT2D eigenvalue weighted by Crippen LogP contribution is 2.67. The Balaban J connectivity index is 1.51. The van der Waals surface area contributed by atoms with Crippen LogP contribution in [0.2, 0.25) is 0 Å². The van der Waals surface area contributed by atoms with E-state index in [0.717, 1.165) is 42.9 Å². The van der Waals surface area contributed by atoms with Crippen LogP contribution < -0.4 is 0 Å². The number of ether oxygens (including phenoxy) is 1. The number of fused-ring (bicyclic) bond motifs is 5. The smallest absolute Gasteiger partial charge is 0.303 e. The van der Waals surface area contributed by atoms with Crippen LogP contribution in [0.25, 0.3) is 0 Å². The quantitative estimate of drug-likeness (QED) is 0.357. The first kappa shape index (κ1) is 24.3. The van der Waals surface area contributed by atoms with Crippen molar-refractivity contribution in [2.45, 2.75) is 118 Å². The molecular formula is C29H48O3. The van der Waals surface area contributed by atoms with Crippen molar-refractivity contribution in [2.24, 2.45) is 46.3 Å². The number of esters is 1. The highest BCUT2D eigenvalue weighted by molar-refractivity contribution is 5.66. The van der Waals surface area contributed by atoms with E-state index in [-0.39, 0.29) is 23.6 Å². The molecule has 0 aromatic heterocycles. The van der Waals surface area contributed by atoms with Gasteiger partial charge in [0, 0.05) is 6.92 Å². The van der Waals surface area contributed by atoms with E-state index in [1.54, 1.807) is 0 Å². The molecule has 32 heavy (non-hydrogen) atoms. The minimum atomic E-state index is -0.371. The molecule has 0 spiro atoms. The molecule has 3 nitrogen and oxygen atoms in total. The monoisotopic (exact) mass is 444 g/mol. The van der Waals surface area contributed by atoms with Gasteiger partial charge in [0.2, 0.25) is 0 Å². The number of carbonyl (C=O) groups is 1. The molecule has 0 amide bonds. The summed E-state index contributed by atoms with van der Waals surface area (Å²) in [6, 6.07) is 0. The van der Waals surface area contributed by atoms with Gasteiger partial charge in [0.1, 0.15) is 6.10 Å². The summed E-state index contributed by atoms with van der Waals surface area (Å²) in [5, 5.41) is 11.3. The minimum absolute atomic E-state index is 0.0707. The molecule has 1 N–H and O–H groups in total. The SMILES string of the molecule is CC(=O)O[C@@H]1C=C2[C@H](O)C[C@H]3[C@@H]4CC[C@H]([C@H](C)CCCC(C)C)[C@@]4(C)CC[C@@H]3[C@@]2(C)CC1. The fourth-order valence-corrected chi connectivity index (χ4v) is 9.07. The van der Waals surface area contributed by atoms with Gasteiger partial charge in [-0.25, -0.2) is 0 Å². The van der Waals surface area contributed by atoms with E-state index in [2.05, 4.69) is 40.7 Å². The van der Waals surface area contributed by atoms with Crippen molar-refractivity contribution < 1.29 is 14.6 Å². The zero-order chi connectivity index (χ0) is 23.3. The van der Waals surface area contributed by atoms with E-state index in [1.165, 1.54) is 57.4 Å². The predicted molar refractivity (Wildman–Crippen MR) is 130 cm³/mol. The third-order valence-electron chi connectivity index (χ3n) is 10.6. The van der Waals surface area contributed by atoms with Crippen LogP contribution in [0, 0.1) is 46.3 Å². The van der Waals surface area contributed by atoms with E-state index in [9.17, 15) is 9.90 Å². The van der Waals surface area contributed by atoms with Crippen LogP contribution in [0.3, 0.4) is 0 Å². The molecule has 0 heterocycles. The lowest BCUT2D eigenvalue weighted by molar-refractivity contribution is -0.146. The van der Waals surface area contributed by atoms with Crippen LogP contribution in [0.5, 0.6) is 0 Å². The van der Waals surface area contributed by atoms with E-state index in [4.69, 9.17) is 4.74 Å². The summed E-state index contributed by atoms with van der Waals surface area (Å²) in [7, 11) is 0. The molecule has 9 atom stereocenters. The van der Waals surface area contributed by atoms with Crippen LogP contribution in [0.1, 0.15) is 106 Å². The van der Waals surface area contributed by atoms with E-state index in [0.29, 0.717) is 17.3 Å². The van der Waals surface area contributed by atoms with Crippen molar-refractivity contribution in [3.05, 3.63) is 11.6 Å². The van der Waals surface area contributed by atoms with Crippen LogP contribution >= 0.6 is 0 Å². The summed E-state index contributed by atoms with van der Waals surface area (Å²) in [5.74, 6) is 4.34. The Hall–Kier alpha value is -0.830. The molecule has 182 valence electrons. The van der Waals surface area contributed by atoms with Gasteiger partial charge in [0.15, 0.2) is 0 Å². The summed E-state index contributed by atoms with van der Waals surface area (Å²) in [5.41, 5.74) is 1.70. The van der Waals surface area contributed by atoms with Gasteiger partial charge in [-0.05, 0) is 103 Å². The second-order valence-electron chi connectivity index (χ2n) is 12.9. The average Bonchev–Trinajstić information content (AvgIpc) is 3.06. The van der Waals surface area contributed by atoms with Gasteiger partial charge >= 0.3 is 5.97 Å². The molecule has 0 radical (unpaired) electrons. The first-order chi connectivity index (χ1) is 15.1. The van der Waals surface area contributed by atoms with Crippen molar-refractivity contribution in [1.29, 1.82) is 0 Å². The van der Waals surface area contributed by atoms with E-state index < -0.39 is 0 Å². The molecule has 3 heteroatoms. The third-order valence-corrected chi connectivity index (χ3v) is 10.6. The molecule has 0 aromatic carbocycles. The summed E-state index contributed by atoms with van der Waals surface area (Å²) < 4.78 is 5.52. The number of hydrogen-bond donors (Lipinski definition) is 1. The van der Waals surface area contributed by atoms with Crippen molar-refractivity contribution in [3.8, 4) is 0 Å². The zero-order valence-electron chi connectivity index (χ0n) is 21.5. The zero-order valence-corrected chi connectivity index (χ0v) is 21.5. The lowest BCUT2D eigenvalue weighted by Gasteiger charge is -2.60. The Kier molecular flexibility index (Phi) is 6.90. The number of rotatable bonds is 6. The molecule has 3 saturated carbocycles. The first-order valence-corrected chi connectivity index (χ1v) is 13.6. The van der Waals surface area contributed by atoms with Gasteiger partial charge in [0.05, 0.1) is 6.10 Å². The predicted octanol–water partition coefficient (Wildman–Crippen LogP) is 6.93. The molecule has 0 bridgehead atoms. The van der Waals surface area contributed by atoms with Crippen molar-refractivity contribution >= 4 is 5.97 Å². The Morgan fingerprint density at radius 2 is 1.84 bits per heavy atom. The Labute approximate surface area is 196 Å². The van der Waals surface area contributed by atoms with Crippen LogP contribution in [0.4, 0.5) is 0 Å². The molecule has 0 unspecified atom stereocenters. The standard InChI is InChI=1S/C29H48O3/c1-18(2)8-7-9-19(3)23-10-11-24-22-17-27(31)26-16-21(32-20(4)30)12-14-29(26,6)25(22)13-15-28(23,24)5/h16,18-19,21-25,27,31H,7-15,17H2,1-6H3/t19-,21+,22+,23-,24+,25+,27-,28-,29-/m1/s1. The van der Waals surface area contributed by atoms with Crippen LogP contribution in [0.15, 0.2) is 11.6 Å². The largest absolute Gasteiger partial charge is 0.458 e. The second-order valence-corrected chi connectivity index (χ2v) is 12.9. The van der Waals surface area contributed by atoms with Gasteiger partial charge < -0.3 is 9.84 Å². The van der Waals surface area contributed by atoms with Gasteiger partial charge in [-0.15, -0.1) is 0 Å². The highest BCUT2D eigenvalue weighted by atomic mass is 16.5. The molecule has 4 aliphatic rings. The Bertz CT molecular complexity index is 726. The maximum Gasteiger partial charge on any atom is 0.303 e. The van der Waals surface area contributed by atoms with Crippen molar-refractivity contribution in [1.82, 2.24) is 0 Å². The molecular weight excluding hydrogens is 396 g/mol. The number of hydrogen-bond acceptors (Lipinski definition) is 3. The molecule has 0 aliphatic heterocycles. The average molecular weight is 445 g/mol. The molecule has 4 aliphatic carbocycles. The lowest BCUT2D eigenvalue weighted by Crippen LogP contribution is -2.54. The maximum absolute atomic E-state index is 11.5. The summed E-state index contributed by atoms with van der Waals surface area (Å²) >= 11 is 0. The van der Waals surface area contributed by atoms with Gasteiger partial charge in [-0.2, -0.15) is 0 Å². The summed E-state index contributed by atoms with van der Waals surface area (Å²) in [6.07, 6.45) is 13.9. The topological polar surface area (TPSA) is 46.5 Å². The number of aliphatic hydroxyl groups is 1. The maximum atomic E-state index is 11.5. The van der Waals surface area contributed by atoms with Gasteiger partial charge in [-0.1, -0.05) is 53.9 Å². The summed E-state index contributed by atoms with van der Waals surface area (Å²) in [6.45, 7) is 13.7. The molecule has 0 aromatic rings. The Morgan fingerprint density at radius 1 is 1.09 bits per heavy atom. The first-order valence-electron chi connectivity index (χ1n) is 13.6.